The largest absolute Gasteiger partial charge is 0.299 e. The smallest absolute Gasteiger partial charge is 0.137 e. The zero-order valence-corrected chi connectivity index (χ0v) is 20.1. The predicted octanol–water partition coefficient (Wildman–Crippen LogP) is 9.28. The van der Waals surface area contributed by atoms with E-state index in [-0.39, 0.29) is 0 Å². The van der Waals surface area contributed by atoms with Crippen LogP contribution in [0.5, 0.6) is 0 Å². The third kappa shape index (κ3) is 3.03. The summed E-state index contributed by atoms with van der Waals surface area (Å²) in [6, 6.07) is 45.7. The highest BCUT2D eigenvalue weighted by Crippen LogP contribution is 2.44. The number of aromatic nitrogens is 2. The van der Waals surface area contributed by atoms with E-state index in [1.807, 2.05) is 0 Å². The van der Waals surface area contributed by atoms with E-state index in [0.29, 0.717) is 0 Å². The molecule has 0 unspecified atom stereocenters. The molecule has 6 aromatic carbocycles. The van der Waals surface area contributed by atoms with E-state index in [9.17, 15) is 0 Å². The van der Waals surface area contributed by atoms with Crippen LogP contribution in [0.1, 0.15) is 0 Å². The molecule has 172 valence electrons. The first-order valence-corrected chi connectivity index (χ1v) is 12.6. The lowest BCUT2D eigenvalue weighted by Crippen LogP contribution is -1.92. The number of rotatable bonds is 2. The minimum Gasteiger partial charge on any atom is -0.299 e. The van der Waals surface area contributed by atoms with Crippen molar-refractivity contribution in [2.45, 2.75) is 0 Å². The van der Waals surface area contributed by atoms with Gasteiger partial charge in [0.25, 0.3) is 0 Å². The Balaban J connectivity index is 1.57. The van der Waals surface area contributed by atoms with Crippen molar-refractivity contribution in [3.8, 4) is 22.3 Å². The molecule has 2 heterocycles. The predicted molar refractivity (Wildman–Crippen MR) is 156 cm³/mol. The van der Waals surface area contributed by atoms with Gasteiger partial charge in [0, 0.05) is 17.3 Å². The van der Waals surface area contributed by atoms with Crippen LogP contribution >= 0.6 is 0 Å². The second kappa shape index (κ2) is 7.78. The van der Waals surface area contributed by atoms with Crippen LogP contribution in [0, 0.1) is 0 Å². The number of pyridine rings is 1. The van der Waals surface area contributed by atoms with E-state index in [1.54, 1.807) is 0 Å². The van der Waals surface area contributed by atoms with Crippen LogP contribution in [-0.4, -0.2) is 9.38 Å². The third-order valence-corrected chi connectivity index (χ3v) is 7.55. The molecule has 0 spiro atoms. The Morgan fingerprint density at radius 1 is 0.459 bits per heavy atom. The number of benzene rings is 6. The monoisotopic (exact) mass is 470 g/mol. The fraction of sp³-hybridized carbons (Fsp3) is 0. The topological polar surface area (TPSA) is 17.3 Å². The van der Waals surface area contributed by atoms with Gasteiger partial charge >= 0.3 is 0 Å². The Hall–Kier alpha value is -4.95. The third-order valence-electron chi connectivity index (χ3n) is 7.55. The summed E-state index contributed by atoms with van der Waals surface area (Å²) >= 11 is 0. The molecule has 0 N–H and O–H groups in total. The van der Waals surface area contributed by atoms with Crippen LogP contribution in [0.2, 0.25) is 0 Å². The maximum atomic E-state index is 5.23. The minimum atomic E-state index is 0.955. The first-order chi connectivity index (χ1) is 18.3. The van der Waals surface area contributed by atoms with Crippen molar-refractivity contribution in [2.75, 3.05) is 0 Å². The Morgan fingerprint density at radius 2 is 1.00 bits per heavy atom. The van der Waals surface area contributed by atoms with Crippen molar-refractivity contribution in [3.05, 3.63) is 134 Å². The number of hydrogen-bond donors (Lipinski definition) is 0. The van der Waals surface area contributed by atoms with Gasteiger partial charge in [-0.1, -0.05) is 103 Å². The average Bonchev–Trinajstić information content (AvgIpc) is 3.34. The summed E-state index contributed by atoms with van der Waals surface area (Å²) < 4.78 is 2.25. The van der Waals surface area contributed by atoms with Crippen molar-refractivity contribution in [3.63, 3.8) is 0 Å². The molecular weight excluding hydrogens is 448 g/mol. The lowest BCUT2D eigenvalue weighted by molar-refractivity contribution is 1.23. The van der Waals surface area contributed by atoms with Crippen LogP contribution in [0.15, 0.2) is 134 Å². The molecule has 0 bridgehead atoms. The van der Waals surface area contributed by atoms with Gasteiger partial charge in [-0.2, -0.15) is 0 Å². The molecule has 0 aliphatic rings. The zero-order chi connectivity index (χ0) is 24.3. The minimum absolute atomic E-state index is 0.955. The molecule has 37 heavy (non-hydrogen) atoms. The molecule has 0 saturated heterocycles. The Bertz CT molecular complexity index is 2150. The van der Waals surface area contributed by atoms with E-state index in [4.69, 9.17) is 4.98 Å². The van der Waals surface area contributed by atoms with Gasteiger partial charge in [-0.15, -0.1) is 0 Å². The van der Waals surface area contributed by atoms with E-state index in [2.05, 4.69) is 138 Å². The molecule has 8 rings (SSSR count). The fourth-order valence-electron chi connectivity index (χ4n) is 5.86. The molecule has 0 radical (unpaired) electrons. The molecule has 2 nitrogen and oxygen atoms in total. The second-order valence-corrected chi connectivity index (χ2v) is 9.66. The lowest BCUT2D eigenvalue weighted by atomic mass is 9.89. The molecule has 0 atom stereocenters. The molecular formula is C35H22N2. The van der Waals surface area contributed by atoms with Crippen LogP contribution in [-0.2, 0) is 0 Å². The molecule has 2 heteroatoms. The van der Waals surface area contributed by atoms with Crippen molar-refractivity contribution in [2.24, 2.45) is 0 Å². The van der Waals surface area contributed by atoms with E-state index in [0.717, 1.165) is 16.7 Å². The number of fused-ring (bicyclic) bond motifs is 6. The summed E-state index contributed by atoms with van der Waals surface area (Å²) in [5.74, 6) is 0. The molecule has 0 aliphatic carbocycles. The SMILES string of the molecule is c1ccc2cc(-c3c4ccccc4c(-c4ccc5ccccc5c4)c4c3nc3ccccn34)ccc2c1. The maximum absolute atomic E-state index is 5.23. The summed E-state index contributed by atoms with van der Waals surface area (Å²) in [4.78, 5) is 5.23. The fourth-order valence-corrected chi connectivity index (χ4v) is 5.86. The Morgan fingerprint density at radius 3 is 1.68 bits per heavy atom. The van der Waals surface area contributed by atoms with Gasteiger partial charge in [0.2, 0.25) is 0 Å². The first kappa shape index (κ1) is 20.3. The summed E-state index contributed by atoms with van der Waals surface area (Å²) in [5, 5.41) is 7.42. The maximum Gasteiger partial charge on any atom is 0.137 e. The van der Waals surface area contributed by atoms with Gasteiger partial charge in [0.1, 0.15) is 5.65 Å². The van der Waals surface area contributed by atoms with E-state index >= 15 is 0 Å². The van der Waals surface area contributed by atoms with Gasteiger partial charge in [0.15, 0.2) is 0 Å². The average molecular weight is 471 g/mol. The Labute approximate surface area is 214 Å². The van der Waals surface area contributed by atoms with Crippen LogP contribution in [0.4, 0.5) is 0 Å². The molecule has 0 aliphatic heterocycles. The normalized spacial score (nSPS) is 11.8. The van der Waals surface area contributed by atoms with Crippen LogP contribution in [0.3, 0.4) is 0 Å². The van der Waals surface area contributed by atoms with Gasteiger partial charge in [0.05, 0.1) is 11.0 Å². The highest BCUT2D eigenvalue weighted by molar-refractivity contribution is 6.21. The highest BCUT2D eigenvalue weighted by Gasteiger charge is 2.21. The second-order valence-electron chi connectivity index (χ2n) is 9.66. The Kier molecular flexibility index (Phi) is 4.26. The lowest BCUT2D eigenvalue weighted by Gasteiger charge is -2.16. The molecule has 2 aromatic heterocycles. The van der Waals surface area contributed by atoms with Crippen molar-refractivity contribution < 1.29 is 0 Å². The van der Waals surface area contributed by atoms with Gasteiger partial charge in [-0.3, -0.25) is 4.40 Å². The van der Waals surface area contributed by atoms with Gasteiger partial charge in [-0.25, -0.2) is 4.98 Å². The zero-order valence-electron chi connectivity index (χ0n) is 20.1. The number of nitrogens with zero attached hydrogens (tertiary/aromatic N) is 2. The first-order valence-electron chi connectivity index (χ1n) is 12.6. The van der Waals surface area contributed by atoms with Gasteiger partial charge < -0.3 is 0 Å². The highest BCUT2D eigenvalue weighted by atomic mass is 15.0. The standard InChI is InChI=1S/C35H22N2/c1-3-11-25-21-27(18-16-23(25)9-1)32-29-13-5-6-14-30(29)33(28-19-17-24-10-2-4-12-26(24)22-28)35-34(32)36-31-15-7-8-20-37(31)35/h1-22H. The van der Waals surface area contributed by atoms with Crippen LogP contribution in [0.25, 0.3) is 71.3 Å². The molecule has 0 saturated carbocycles. The van der Waals surface area contributed by atoms with Gasteiger partial charge in [-0.05, 0) is 67.7 Å². The summed E-state index contributed by atoms with van der Waals surface area (Å²) in [7, 11) is 0. The molecule has 0 amide bonds. The number of imidazole rings is 1. The van der Waals surface area contributed by atoms with E-state index in [1.165, 1.54) is 54.6 Å². The summed E-state index contributed by atoms with van der Waals surface area (Å²) in [5.41, 5.74) is 7.93. The molecule has 0 fully saturated rings. The summed E-state index contributed by atoms with van der Waals surface area (Å²) in [6.45, 7) is 0. The molecule has 8 aromatic rings. The van der Waals surface area contributed by atoms with Crippen molar-refractivity contribution >= 4 is 49.0 Å². The van der Waals surface area contributed by atoms with Crippen molar-refractivity contribution in [1.29, 1.82) is 0 Å². The number of hydrogen-bond acceptors (Lipinski definition) is 1. The van der Waals surface area contributed by atoms with Crippen molar-refractivity contribution in [1.82, 2.24) is 9.38 Å². The van der Waals surface area contributed by atoms with Crippen LogP contribution < -0.4 is 0 Å². The van der Waals surface area contributed by atoms with E-state index < -0.39 is 0 Å². The summed E-state index contributed by atoms with van der Waals surface area (Å²) in [6.07, 6.45) is 2.13. The quantitative estimate of drug-likeness (QED) is 0.246.